The Hall–Kier alpha value is -0.530. The summed E-state index contributed by atoms with van der Waals surface area (Å²) in [5.41, 5.74) is 1.02. The molecule has 0 radical (unpaired) electrons. The molecule has 0 aliphatic rings. The number of hydrogen-bond acceptors (Lipinski definition) is 6. The maximum absolute atomic E-state index is 11.5. The van der Waals surface area contributed by atoms with Crippen molar-refractivity contribution in [3.63, 3.8) is 0 Å². The van der Waals surface area contributed by atoms with Crippen LogP contribution < -0.4 is 5.32 Å². The Bertz CT molecular complexity index is 471. The van der Waals surface area contributed by atoms with Gasteiger partial charge in [-0.25, -0.2) is 8.42 Å². The zero-order valence-corrected chi connectivity index (χ0v) is 13.5. The minimum absolute atomic E-state index is 0.173. The van der Waals surface area contributed by atoms with Crippen LogP contribution in [0.3, 0.4) is 0 Å². The first-order chi connectivity index (χ1) is 9.04. The van der Waals surface area contributed by atoms with Crippen LogP contribution in [0.4, 0.5) is 0 Å². The molecule has 0 bridgehead atoms. The van der Waals surface area contributed by atoms with Crippen LogP contribution in [0.25, 0.3) is 0 Å². The summed E-state index contributed by atoms with van der Waals surface area (Å²) in [5, 5.41) is 7.52. The van der Waals surface area contributed by atoms with E-state index in [9.17, 15) is 8.42 Å². The van der Waals surface area contributed by atoms with Crippen LogP contribution in [0, 0.1) is 0 Å². The van der Waals surface area contributed by atoms with E-state index >= 15 is 0 Å². The molecule has 0 aliphatic heterocycles. The average Bonchev–Trinajstić information content (AvgIpc) is 2.85. The number of sulfone groups is 1. The van der Waals surface area contributed by atoms with Crippen molar-refractivity contribution in [2.24, 2.45) is 0 Å². The van der Waals surface area contributed by atoms with Crippen LogP contribution in [0.2, 0.25) is 0 Å². The average molecular weight is 305 g/mol. The molecule has 1 rings (SSSR count). The van der Waals surface area contributed by atoms with Gasteiger partial charge in [0.2, 0.25) is 0 Å². The number of aryl methyl sites for hydroxylation is 1. The zero-order valence-electron chi connectivity index (χ0n) is 11.8. The second-order valence-electron chi connectivity index (χ2n) is 4.43. The van der Waals surface area contributed by atoms with Gasteiger partial charge in [-0.3, -0.25) is 0 Å². The minimum Gasteiger partial charge on any atom is -0.309 e. The fraction of sp³-hybridized carbons (Fsp3) is 0.833. The van der Waals surface area contributed by atoms with Crippen LogP contribution in [0.15, 0.2) is 0 Å². The first kappa shape index (κ1) is 16.5. The van der Waals surface area contributed by atoms with Crippen LogP contribution in [-0.2, 0) is 16.3 Å². The maximum atomic E-state index is 11.5. The van der Waals surface area contributed by atoms with Gasteiger partial charge in [-0.15, -0.1) is 5.10 Å². The third-order valence-electron chi connectivity index (χ3n) is 3.08. The summed E-state index contributed by atoms with van der Waals surface area (Å²) in [5.74, 6) is 0.486. The van der Waals surface area contributed by atoms with E-state index in [1.807, 2.05) is 0 Å². The van der Waals surface area contributed by atoms with Gasteiger partial charge in [-0.1, -0.05) is 25.3 Å². The van der Waals surface area contributed by atoms with Crippen molar-refractivity contribution in [1.29, 1.82) is 0 Å². The van der Waals surface area contributed by atoms with Crippen molar-refractivity contribution in [2.75, 3.05) is 18.1 Å². The number of rotatable bonds is 9. The Labute approximate surface area is 119 Å². The summed E-state index contributed by atoms with van der Waals surface area (Å²) in [6, 6.07) is 0.173. The minimum atomic E-state index is -2.87. The van der Waals surface area contributed by atoms with Crippen molar-refractivity contribution >= 4 is 21.4 Å². The molecule has 1 unspecified atom stereocenters. The molecule has 19 heavy (non-hydrogen) atoms. The van der Waals surface area contributed by atoms with Gasteiger partial charge in [0.1, 0.15) is 9.84 Å². The molecule has 1 aromatic heterocycles. The van der Waals surface area contributed by atoms with E-state index in [0.29, 0.717) is 6.42 Å². The lowest BCUT2D eigenvalue weighted by Gasteiger charge is -2.16. The molecule has 1 aromatic rings. The molecule has 0 amide bonds. The number of nitrogens with zero attached hydrogens (tertiary/aromatic N) is 2. The summed E-state index contributed by atoms with van der Waals surface area (Å²) >= 11 is 1.41. The zero-order chi connectivity index (χ0) is 14.3. The van der Waals surface area contributed by atoms with Crippen molar-refractivity contribution in [2.45, 2.75) is 46.1 Å². The van der Waals surface area contributed by atoms with Gasteiger partial charge >= 0.3 is 0 Å². The van der Waals surface area contributed by atoms with Gasteiger partial charge in [0.25, 0.3) is 0 Å². The monoisotopic (exact) mass is 305 g/mol. The lowest BCUT2D eigenvalue weighted by Crippen LogP contribution is -2.22. The van der Waals surface area contributed by atoms with E-state index in [-0.39, 0.29) is 17.5 Å². The van der Waals surface area contributed by atoms with Crippen molar-refractivity contribution in [3.8, 4) is 0 Å². The molecular weight excluding hydrogens is 282 g/mol. The molecule has 0 spiro atoms. The summed E-state index contributed by atoms with van der Waals surface area (Å²) in [7, 11) is -2.87. The predicted octanol–water partition coefficient (Wildman–Crippen LogP) is 1.97. The highest BCUT2D eigenvalue weighted by molar-refractivity contribution is 7.91. The predicted molar refractivity (Wildman–Crippen MR) is 79.3 cm³/mol. The van der Waals surface area contributed by atoms with Crippen molar-refractivity contribution in [1.82, 2.24) is 14.9 Å². The first-order valence-corrected chi connectivity index (χ1v) is 9.38. The quantitative estimate of drug-likeness (QED) is 0.755. The maximum Gasteiger partial charge on any atom is 0.150 e. The molecular formula is C12H23N3O2S2. The second kappa shape index (κ2) is 7.91. The van der Waals surface area contributed by atoms with E-state index in [0.717, 1.165) is 30.0 Å². The largest absolute Gasteiger partial charge is 0.309 e. The molecule has 5 nitrogen and oxygen atoms in total. The topological polar surface area (TPSA) is 72.0 Å². The number of nitrogens with one attached hydrogen (secondary N) is 1. The van der Waals surface area contributed by atoms with Crippen molar-refractivity contribution in [3.05, 3.63) is 10.6 Å². The smallest absolute Gasteiger partial charge is 0.150 e. The summed E-state index contributed by atoms with van der Waals surface area (Å²) in [6.45, 7) is 6.66. The molecule has 0 aliphatic carbocycles. The molecule has 0 aromatic carbocycles. The number of hydrogen-bond donors (Lipinski definition) is 1. The standard InChI is InChI=1S/C12H23N3O2S2/c1-4-10-12(18-15-14-10)11(13-5-2)8-7-9-19(16,17)6-3/h11,13H,4-9H2,1-3H3. The first-order valence-electron chi connectivity index (χ1n) is 6.79. The highest BCUT2D eigenvalue weighted by Gasteiger charge is 2.18. The molecule has 1 atom stereocenters. The third kappa shape index (κ3) is 5.16. The van der Waals surface area contributed by atoms with Crippen LogP contribution >= 0.6 is 11.5 Å². The lowest BCUT2D eigenvalue weighted by atomic mass is 10.1. The molecule has 0 saturated heterocycles. The lowest BCUT2D eigenvalue weighted by molar-refractivity contribution is 0.509. The molecule has 1 N–H and O–H groups in total. The normalized spacial score (nSPS) is 13.6. The fourth-order valence-electron chi connectivity index (χ4n) is 1.95. The van der Waals surface area contributed by atoms with E-state index < -0.39 is 9.84 Å². The van der Waals surface area contributed by atoms with Gasteiger partial charge in [0.15, 0.2) is 0 Å². The Morgan fingerprint density at radius 1 is 1.32 bits per heavy atom. The summed E-state index contributed by atoms with van der Waals surface area (Å²) < 4.78 is 27.0. The van der Waals surface area contributed by atoms with Gasteiger partial charge in [0.05, 0.1) is 16.3 Å². The van der Waals surface area contributed by atoms with Gasteiger partial charge in [-0.2, -0.15) is 0 Å². The summed E-state index contributed by atoms with van der Waals surface area (Å²) in [6.07, 6.45) is 2.35. The van der Waals surface area contributed by atoms with E-state index in [1.165, 1.54) is 11.5 Å². The number of aromatic nitrogens is 2. The van der Waals surface area contributed by atoms with E-state index in [1.54, 1.807) is 6.92 Å². The molecule has 110 valence electrons. The molecule has 0 saturated carbocycles. The van der Waals surface area contributed by atoms with Gasteiger partial charge in [-0.05, 0) is 37.3 Å². The molecule has 7 heteroatoms. The third-order valence-corrected chi connectivity index (χ3v) is 5.75. The SMILES string of the molecule is CCNC(CCCS(=O)(=O)CC)c1snnc1CC. The van der Waals surface area contributed by atoms with Crippen LogP contribution in [-0.4, -0.2) is 36.1 Å². The Balaban J connectivity index is 2.64. The van der Waals surface area contributed by atoms with Gasteiger partial charge < -0.3 is 5.32 Å². The van der Waals surface area contributed by atoms with E-state index in [2.05, 4.69) is 28.8 Å². The summed E-state index contributed by atoms with van der Waals surface area (Å²) in [4.78, 5) is 1.15. The van der Waals surface area contributed by atoms with Crippen LogP contribution in [0.5, 0.6) is 0 Å². The van der Waals surface area contributed by atoms with Gasteiger partial charge in [0, 0.05) is 11.8 Å². The Kier molecular flexibility index (Phi) is 6.88. The Morgan fingerprint density at radius 3 is 2.63 bits per heavy atom. The molecule has 0 fully saturated rings. The Morgan fingerprint density at radius 2 is 2.05 bits per heavy atom. The molecule has 1 heterocycles. The van der Waals surface area contributed by atoms with Crippen molar-refractivity contribution < 1.29 is 8.42 Å². The highest BCUT2D eigenvalue weighted by Crippen LogP contribution is 2.25. The van der Waals surface area contributed by atoms with Crippen LogP contribution in [0.1, 0.15) is 50.2 Å². The fourth-order valence-corrected chi connectivity index (χ4v) is 3.69. The highest BCUT2D eigenvalue weighted by atomic mass is 32.2. The second-order valence-corrected chi connectivity index (χ2v) is 7.68. The van der Waals surface area contributed by atoms with E-state index in [4.69, 9.17) is 0 Å².